The molecule has 0 aliphatic carbocycles. The molecule has 0 aromatic rings. The summed E-state index contributed by atoms with van der Waals surface area (Å²) in [5.41, 5.74) is 1.41. The van der Waals surface area contributed by atoms with Gasteiger partial charge in [0.05, 0.1) is 0 Å². The molecule has 0 saturated carbocycles. The molecule has 1 heteroatoms. The van der Waals surface area contributed by atoms with Crippen LogP contribution in [0.15, 0.2) is 12.2 Å². The zero-order chi connectivity index (χ0) is 13.0. The molecule has 0 fully saturated rings. The van der Waals surface area contributed by atoms with Crippen LogP contribution in [0.5, 0.6) is 0 Å². The minimum atomic E-state index is 0.592. The van der Waals surface area contributed by atoms with E-state index < -0.39 is 0 Å². The molecule has 0 aliphatic rings. The van der Waals surface area contributed by atoms with Gasteiger partial charge in [-0.3, -0.25) is 0 Å². The van der Waals surface area contributed by atoms with Crippen molar-refractivity contribution in [2.24, 2.45) is 23.7 Å². The molecule has 0 radical (unpaired) electrons. The second kappa shape index (κ2) is 6.44. The highest BCUT2D eigenvalue weighted by Crippen LogP contribution is 2.31. The average molecular weight is 225 g/mol. The van der Waals surface area contributed by atoms with Crippen molar-refractivity contribution in [1.29, 1.82) is 0 Å². The van der Waals surface area contributed by atoms with E-state index in [1.165, 1.54) is 5.57 Å². The van der Waals surface area contributed by atoms with E-state index in [0.29, 0.717) is 29.7 Å². The van der Waals surface area contributed by atoms with E-state index in [9.17, 15) is 0 Å². The minimum Gasteiger partial charge on any atom is -0.306 e. The molecular formula is C15H31N. The normalized spacial score (nSPS) is 19.6. The summed E-state index contributed by atoms with van der Waals surface area (Å²) in [6.07, 6.45) is 0. The van der Waals surface area contributed by atoms with Gasteiger partial charge in [-0.15, -0.1) is 0 Å². The van der Waals surface area contributed by atoms with Gasteiger partial charge in [-0.1, -0.05) is 46.8 Å². The van der Waals surface area contributed by atoms with Gasteiger partial charge < -0.3 is 4.90 Å². The predicted octanol–water partition coefficient (Wildman–Crippen LogP) is 4.06. The molecule has 0 rings (SSSR count). The third-order valence-corrected chi connectivity index (χ3v) is 4.53. The Kier molecular flexibility index (Phi) is 6.32. The number of hydrogen-bond acceptors (Lipinski definition) is 1. The molecule has 96 valence electrons. The van der Waals surface area contributed by atoms with Gasteiger partial charge in [-0.2, -0.15) is 0 Å². The Labute approximate surface area is 103 Å². The van der Waals surface area contributed by atoms with Gasteiger partial charge in [0, 0.05) is 6.04 Å². The van der Waals surface area contributed by atoms with Crippen molar-refractivity contribution in [2.75, 3.05) is 14.1 Å². The summed E-state index contributed by atoms with van der Waals surface area (Å²) in [5, 5.41) is 0. The van der Waals surface area contributed by atoms with Crippen LogP contribution in [0.25, 0.3) is 0 Å². The third kappa shape index (κ3) is 3.93. The maximum absolute atomic E-state index is 4.32. The van der Waals surface area contributed by atoms with Crippen LogP contribution in [0.2, 0.25) is 0 Å². The molecule has 0 N–H and O–H groups in total. The van der Waals surface area contributed by atoms with Crippen molar-refractivity contribution in [3.63, 3.8) is 0 Å². The lowest BCUT2D eigenvalue weighted by atomic mass is 9.77. The molecular weight excluding hydrogens is 194 g/mol. The quantitative estimate of drug-likeness (QED) is 0.616. The second-order valence-corrected chi connectivity index (χ2v) is 5.96. The predicted molar refractivity (Wildman–Crippen MR) is 74.6 cm³/mol. The van der Waals surface area contributed by atoms with Gasteiger partial charge in [0.1, 0.15) is 0 Å². The Bertz CT molecular complexity index is 217. The first-order valence-electron chi connectivity index (χ1n) is 6.55. The zero-order valence-corrected chi connectivity index (χ0v) is 12.5. The van der Waals surface area contributed by atoms with E-state index in [2.05, 4.69) is 67.1 Å². The highest BCUT2D eigenvalue weighted by molar-refractivity contribution is 5.06. The lowest BCUT2D eigenvalue weighted by Crippen LogP contribution is -2.35. The van der Waals surface area contributed by atoms with E-state index in [0.717, 1.165) is 0 Å². The first kappa shape index (κ1) is 15.7. The standard InChI is InChI=1S/C15H31N/c1-10(2)11(3)12(4)13(5)14(6)15(7)16(8)9/h10-11,13-15H,4H2,1-3,5-9H3. The Morgan fingerprint density at radius 3 is 1.62 bits per heavy atom. The smallest absolute Gasteiger partial charge is 0.00920 e. The van der Waals surface area contributed by atoms with E-state index in [1.807, 2.05) is 0 Å². The summed E-state index contributed by atoms with van der Waals surface area (Å²) in [7, 11) is 4.31. The lowest BCUT2D eigenvalue weighted by molar-refractivity contribution is 0.198. The van der Waals surface area contributed by atoms with E-state index >= 15 is 0 Å². The highest BCUT2D eigenvalue weighted by Gasteiger charge is 2.25. The Balaban J connectivity index is 4.55. The fraction of sp³-hybridized carbons (Fsp3) is 0.867. The maximum Gasteiger partial charge on any atom is 0.00920 e. The van der Waals surface area contributed by atoms with Crippen LogP contribution >= 0.6 is 0 Å². The number of hydrogen-bond donors (Lipinski definition) is 0. The first-order chi connectivity index (χ1) is 7.20. The molecule has 4 atom stereocenters. The maximum atomic E-state index is 4.32. The largest absolute Gasteiger partial charge is 0.306 e. The molecule has 1 nitrogen and oxygen atoms in total. The van der Waals surface area contributed by atoms with Crippen molar-refractivity contribution in [3.05, 3.63) is 12.2 Å². The van der Waals surface area contributed by atoms with Crippen LogP contribution in [-0.2, 0) is 0 Å². The van der Waals surface area contributed by atoms with Crippen LogP contribution in [0, 0.1) is 23.7 Å². The molecule has 4 unspecified atom stereocenters. The zero-order valence-electron chi connectivity index (χ0n) is 12.5. The molecule has 16 heavy (non-hydrogen) atoms. The number of allylic oxidation sites excluding steroid dienone is 1. The monoisotopic (exact) mass is 225 g/mol. The van der Waals surface area contributed by atoms with Gasteiger partial charge >= 0.3 is 0 Å². The summed E-state index contributed by atoms with van der Waals surface area (Å²) >= 11 is 0. The summed E-state index contributed by atoms with van der Waals surface area (Å²) in [4.78, 5) is 2.30. The van der Waals surface area contributed by atoms with Gasteiger partial charge in [-0.25, -0.2) is 0 Å². The van der Waals surface area contributed by atoms with Crippen LogP contribution < -0.4 is 0 Å². The van der Waals surface area contributed by atoms with E-state index in [1.54, 1.807) is 0 Å². The first-order valence-corrected chi connectivity index (χ1v) is 6.55. The molecule has 0 heterocycles. The lowest BCUT2D eigenvalue weighted by Gasteiger charge is -2.34. The second-order valence-electron chi connectivity index (χ2n) is 5.96. The van der Waals surface area contributed by atoms with E-state index in [4.69, 9.17) is 0 Å². The third-order valence-electron chi connectivity index (χ3n) is 4.53. The van der Waals surface area contributed by atoms with Crippen molar-refractivity contribution in [1.82, 2.24) is 4.90 Å². The van der Waals surface area contributed by atoms with Crippen molar-refractivity contribution in [3.8, 4) is 0 Å². The average Bonchev–Trinajstić information content (AvgIpc) is 2.23. The number of nitrogens with zero attached hydrogens (tertiary/aromatic N) is 1. The Morgan fingerprint density at radius 2 is 1.31 bits per heavy atom. The summed E-state index contributed by atoms with van der Waals surface area (Å²) in [5.74, 6) is 2.56. The molecule has 0 aromatic heterocycles. The summed E-state index contributed by atoms with van der Waals surface area (Å²) in [6.45, 7) is 18.1. The van der Waals surface area contributed by atoms with Crippen LogP contribution in [0.1, 0.15) is 41.5 Å². The van der Waals surface area contributed by atoms with Gasteiger partial charge in [0.25, 0.3) is 0 Å². The molecule has 0 bridgehead atoms. The van der Waals surface area contributed by atoms with Crippen LogP contribution in [-0.4, -0.2) is 25.0 Å². The van der Waals surface area contributed by atoms with Crippen molar-refractivity contribution < 1.29 is 0 Å². The van der Waals surface area contributed by atoms with Gasteiger partial charge in [0.2, 0.25) is 0 Å². The fourth-order valence-electron chi connectivity index (χ4n) is 2.07. The Hall–Kier alpha value is -0.300. The topological polar surface area (TPSA) is 3.24 Å². The van der Waals surface area contributed by atoms with Gasteiger partial charge in [0.15, 0.2) is 0 Å². The fourth-order valence-corrected chi connectivity index (χ4v) is 2.07. The van der Waals surface area contributed by atoms with Crippen molar-refractivity contribution >= 4 is 0 Å². The Morgan fingerprint density at radius 1 is 0.875 bits per heavy atom. The minimum absolute atomic E-state index is 0.592. The van der Waals surface area contributed by atoms with E-state index in [-0.39, 0.29) is 0 Å². The number of rotatable bonds is 6. The highest BCUT2D eigenvalue weighted by atomic mass is 15.1. The van der Waals surface area contributed by atoms with Crippen LogP contribution in [0.3, 0.4) is 0 Å². The SMILES string of the molecule is C=C(C(C)C(C)C)C(C)C(C)C(C)N(C)C. The summed E-state index contributed by atoms with van der Waals surface area (Å²) in [6, 6.07) is 0.603. The molecule has 0 aliphatic heterocycles. The molecule has 0 saturated heterocycles. The molecule has 0 aromatic carbocycles. The van der Waals surface area contributed by atoms with Crippen LogP contribution in [0.4, 0.5) is 0 Å². The van der Waals surface area contributed by atoms with Crippen molar-refractivity contribution in [2.45, 2.75) is 47.6 Å². The molecule has 0 amide bonds. The van der Waals surface area contributed by atoms with Gasteiger partial charge in [-0.05, 0) is 44.7 Å². The molecule has 0 spiro atoms. The summed E-state index contributed by atoms with van der Waals surface area (Å²) < 4.78 is 0.